The van der Waals surface area contributed by atoms with Gasteiger partial charge >= 0.3 is 0 Å². The molecule has 1 aromatic rings. The highest BCUT2D eigenvalue weighted by Crippen LogP contribution is 2.10. The number of amides is 1. The van der Waals surface area contributed by atoms with Gasteiger partial charge in [0.2, 0.25) is 5.91 Å². The van der Waals surface area contributed by atoms with Crippen LogP contribution in [0.15, 0.2) is 12.4 Å². The Morgan fingerprint density at radius 2 is 2.24 bits per heavy atom. The molecule has 0 saturated carbocycles. The predicted molar refractivity (Wildman–Crippen MR) is 68.2 cm³/mol. The van der Waals surface area contributed by atoms with E-state index in [4.69, 9.17) is 11.6 Å². The van der Waals surface area contributed by atoms with Gasteiger partial charge in [-0.3, -0.25) is 9.78 Å². The van der Waals surface area contributed by atoms with Crippen LogP contribution in [0.3, 0.4) is 0 Å². The topological polar surface area (TPSA) is 58.1 Å². The molecule has 1 heterocycles. The van der Waals surface area contributed by atoms with Crippen LogP contribution in [0.5, 0.6) is 0 Å². The first kappa shape index (κ1) is 13.7. The van der Waals surface area contributed by atoms with Crippen LogP contribution in [0.2, 0.25) is 5.15 Å². The van der Waals surface area contributed by atoms with E-state index in [-0.39, 0.29) is 12.5 Å². The lowest BCUT2D eigenvalue weighted by Crippen LogP contribution is -2.37. The summed E-state index contributed by atoms with van der Waals surface area (Å²) < 4.78 is 0. The quantitative estimate of drug-likeness (QED) is 0.864. The van der Waals surface area contributed by atoms with E-state index in [9.17, 15) is 4.79 Å². The molecule has 1 amide bonds. The van der Waals surface area contributed by atoms with Gasteiger partial charge in [0.15, 0.2) is 0 Å². The fourth-order valence-electron chi connectivity index (χ4n) is 1.19. The van der Waals surface area contributed by atoms with Gasteiger partial charge < -0.3 is 10.2 Å². The van der Waals surface area contributed by atoms with Gasteiger partial charge in [-0.25, -0.2) is 4.98 Å². The summed E-state index contributed by atoms with van der Waals surface area (Å²) in [5, 5.41) is 3.15. The number of likely N-dealkylation sites (N-methyl/N-ethyl adjacent to an activating group) is 1. The third-order valence-corrected chi connectivity index (χ3v) is 2.25. The van der Waals surface area contributed by atoms with Crippen LogP contribution in [0.4, 0.5) is 5.82 Å². The molecule has 5 nitrogen and oxygen atoms in total. The average Bonchev–Trinajstić information content (AvgIpc) is 2.26. The van der Waals surface area contributed by atoms with Gasteiger partial charge in [-0.05, 0) is 5.92 Å². The highest BCUT2D eigenvalue weighted by molar-refractivity contribution is 6.29. The lowest BCUT2D eigenvalue weighted by Gasteiger charge is -2.17. The number of rotatable bonds is 5. The molecular formula is C11H17ClN4O. The van der Waals surface area contributed by atoms with Crippen LogP contribution in [0, 0.1) is 5.92 Å². The Labute approximate surface area is 106 Å². The first-order valence-corrected chi connectivity index (χ1v) is 5.82. The molecular weight excluding hydrogens is 240 g/mol. The highest BCUT2D eigenvalue weighted by Gasteiger charge is 2.09. The normalized spacial score (nSPS) is 10.4. The molecule has 94 valence electrons. The molecule has 0 aromatic carbocycles. The summed E-state index contributed by atoms with van der Waals surface area (Å²) in [4.78, 5) is 21.3. The van der Waals surface area contributed by atoms with Crippen LogP contribution >= 0.6 is 11.6 Å². The first-order chi connectivity index (χ1) is 7.99. The van der Waals surface area contributed by atoms with Crippen molar-refractivity contribution in [1.82, 2.24) is 15.3 Å². The zero-order valence-corrected chi connectivity index (χ0v) is 11.0. The van der Waals surface area contributed by atoms with E-state index in [1.54, 1.807) is 18.1 Å². The van der Waals surface area contributed by atoms with Gasteiger partial charge in [0.05, 0.1) is 18.9 Å². The number of carbonyl (C=O) groups excluding carboxylic acids is 1. The highest BCUT2D eigenvalue weighted by atomic mass is 35.5. The number of halogens is 1. The van der Waals surface area contributed by atoms with E-state index in [1.807, 2.05) is 13.8 Å². The average molecular weight is 257 g/mol. The van der Waals surface area contributed by atoms with E-state index in [1.165, 1.54) is 6.20 Å². The number of aromatic nitrogens is 2. The molecule has 17 heavy (non-hydrogen) atoms. The van der Waals surface area contributed by atoms with Crippen molar-refractivity contribution >= 4 is 23.3 Å². The zero-order valence-electron chi connectivity index (χ0n) is 10.3. The molecule has 0 fully saturated rings. The van der Waals surface area contributed by atoms with E-state index < -0.39 is 0 Å². The minimum absolute atomic E-state index is 0.0389. The molecule has 1 aromatic heterocycles. The summed E-state index contributed by atoms with van der Waals surface area (Å²) in [6, 6.07) is 0. The Balaban J connectivity index is 2.48. The van der Waals surface area contributed by atoms with Crippen molar-refractivity contribution in [1.29, 1.82) is 0 Å². The van der Waals surface area contributed by atoms with E-state index in [0.717, 1.165) is 0 Å². The Morgan fingerprint density at radius 1 is 1.53 bits per heavy atom. The number of carbonyl (C=O) groups is 1. The summed E-state index contributed by atoms with van der Waals surface area (Å²) in [7, 11) is 1.77. The monoisotopic (exact) mass is 256 g/mol. The summed E-state index contributed by atoms with van der Waals surface area (Å²) in [5.74, 6) is 0.982. The molecule has 0 radical (unpaired) electrons. The molecule has 0 aliphatic carbocycles. The largest absolute Gasteiger partial charge is 0.354 e. The molecule has 0 atom stereocenters. The molecule has 0 spiro atoms. The minimum atomic E-state index is -0.0389. The second kappa shape index (κ2) is 6.39. The number of anilines is 1. The number of hydrogen-bond donors (Lipinski definition) is 1. The number of hydrogen-bond acceptors (Lipinski definition) is 4. The summed E-state index contributed by atoms with van der Waals surface area (Å²) in [6.07, 6.45) is 3.03. The summed E-state index contributed by atoms with van der Waals surface area (Å²) in [5.41, 5.74) is 0. The van der Waals surface area contributed by atoms with Crippen LogP contribution in [-0.2, 0) is 4.79 Å². The van der Waals surface area contributed by atoms with Crippen molar-refractivity contribution in [3.05, 3.63) is 17.5 Å². The third kappa shape index (κ3) is 4.99. The van der Waals surface area contributed by atoms with Crippen LogP contribution in [-0.4, -0.2) is 36.0 Å². The smallest absolute Gasteiger partial charge is 0.239 e. The van der Waals surface area contributed by atoms with Gasteiger partial charge in [-0.2, -0.15) is 0 Å². The second-order valence-electron chi connectivity index (χ2n) is 4.25. The maximum atomic E-state index is 11.6. The van der Waals surface area contributed by atoms with E-state index >= 15 is 0 Å². The Morgan fingerprint density at radius 3 is 2.82 bits per heavy atom. The van der Waals surface area contributed by atoms with Crippen LogP contribution < -0.4 is 10.2 Å². The first-order valence-electron chi connectivity index (χ1n) is 5.44. The zero-order chi connectivity index (χ0) is 12.8. The third-order valence-electron chi connectivity index (χ3n) is 2.07. The van der Waals surface area contributed by atoms with Gasteiger partial charge in [0.25, 0.3) is 0 Å². The SMILES string of the molecule is CC(C)CNC(=O)CN(C)c1cncc(Cl)n1. The van der Waals surface area contributed by atoms with Crippen LogP contribution in [0.25, 0.3) is 0 Å². The van der Waals surface area contributed by atoms with Crippen molar-refractivity contribution in [2.75, 3.05) is 25.0 Å². The van der Waals surface area contributed by atoms with Crippen molar-refractivity contribution in [3.63, 3.8) is 0 Å². The van der Waals surface area contributed by atoms with Crippen molar-refractivity contribution in [2.24, 2.45) is 5.92 Å². The molecule has 1 rings (SSSR count). The standard InChI is InChI=1S/C11H17ClN4O/c1-8(2)4-14-11(17)7-16(3)10-6-13-5-9(12)15-10/h5-6,8H,4,7H2,1-3H3,(H,14,17). The molecule has 0 bridgehead atoms. The van der Waals surface area contributed by atoms with Crippen molar-refractivity contribution in [3.8, 4) is 0 Å². The van der Waals surface area contributed by atoms with E-state index in [2.05, 4.69) is 15.3 Å². The van der Waals surface area contributed by atoms with Crippen molar-refractivity contribution < 1.29 is 4.79 Å². The molecule has 0 aliphatic rings. The van der Waals surface area contributed by atoms with Crippen LogP contribution in [0.1, 0.15) is 13.8 Å². The van der Waals surface area contributed by atoms with E-state index in [0.29, 0.717) is 23.4 Å². The fraction of sp³-hybridized carbons (Fsp3) is 0.545. The molecule has 0 saturated heterocycles. The minimum Gasteiger partial charge on any atom is -0.354 e. The van der Waals surface area contributed by atoms with Gasteiger partial charge in [-0.15, -0.1) is 0 Å². The Bertz CT molecular complexity index is 383. The Kier molecular flexibility index (Phi) is 5.15. The lowest BCUT2D eigenvalue weighted by atomic mass is 10.2. The molecule has 6 heteroatoms. The van der Waals surface area contributed by atoms with Gasteiger partial charge in [-0.1, -0.05) is 25.4 Å². The van der Waals surface area contributed by atoms with Crippen molar-refractivity contribution in [2.45, 2.75) is 13.8 Å². The summed E-state index contributed by atoms with van der Waals surface area (Å²) in [6.45, 7) is 5.01. The number of nitrogens with one attached hydrogen (secondary N) is 1. The fourth-order valence-corrected chi connectivity index (χ4v) is 1.33. The molecule has 1 N–H and O–H groups in total. The lowest BCUT2D eigenvalue weighted by molar-refractivity contribution is -0.119. The number of nitrogens with zero attached hydrogens (tertiary/aromatic N) is 3. The Hall–Kier alpha value is -1.36. The predicted octanol–water partition coefficient (Wildman–Crippen LogP) is 1.34. The van der Waals surface area contributed by atoms with Gasteiger partial charge in [0, 0.05) is 13.6 Å². The summed E-state index contributed by atoms with van der Waals surface area (Å²) >= 11 is 5.73. The maximum Gasteiger partial charge on any atom is 0.239 e. The molecule has 0 unspecified atom stereocenters. The van der Waals surface area contributed by atoms with Gasteiger partial charge in [0.1, 0.15) is 11.0 Å². The second-order valence-corrected chi connectivity index (χ2v) is 4.64. The maximum absolute atomic E-state index is 11.6. The molecule has 0 aliphatic heterocycles.